The number of hydrogen-bond donors (Lipinski definition) is 1. The highest BCUT2D eigenvalue weighted by molar-refractivity contribution is 7.80. The third-order valence-corrected chi connectivity index (χ3v) is 1.65. The van der Waals surface area contributed by atoms with E-state index in [4.69, 9.17) is 0 Å². The number of rotatable bonds is 2. The molecule has 0 saturated heterocycles. The molecule has 66 valence electrons. The van der Waals surface area contributed by atoms with E-state index in [1.165, 1.54) is 6.07 Å². The summed E-state index contributed by atoms with van der Waals surface area (Å²) in [4.78, 5) is 0. The van der Waals surface area contributed by atoms with Crippen molar-refractivity contribution < 1.29 is 13.2 Å². The molecule has 0 bridgehead atoms. The third-order valence-electron chi connectivity index (χ3n) is 1.24. The van der Waals surface area contributed by atoms with E-state index < -0.39 is 17.1 Å². The van der Waals surface area contributed by atoms with E-state index in [2.05, 4.69) is 4.72 Å². The zero-order valence-electron chi connectivity index (χ0n) is 6.33. The monoisotopic (exact) mass is 188 g/mol. The van der Waals surface area contributed by atoms with Crippen LogP contribution in [0.3, 0.4) is 0 Å². The first-order chi connectivity index (χ1) is 5.58. The summed E-state index contributed by atoms with van der Waals surface area (Å²) in [5.41, 5.74) is 0.906. The minimum Gasteiger partial charge on any atom is -0.755 e. The van der Waals surface area contributed by atoms with Crippen molar-refractivity contribution in [1.82, 2.24) is 0 Å². The van der Waals surface area contributed by atoms with E-state index in [0.29, 0.717) is 5.56 Å². The number of anilines is 1. The van der Waals surface area contributed by atoms with E-state index in [-0.39, 0.29) is 5.69 Å². The van der Waals surface area contributed by atoms with Gasteiger partial charge in [-0.2, -0.15) is 0 Å². The highest BCUT2D eigenvalue weighted by Gasteiger charge is 1.96. The first-order valence-electron chi connectivity index (χ1n) is 3.21. The van der Waals surface area contributed by atoms with E-state index in [1.807, 2.05) is 0 Å². The van der Waals surface area contributed by atoms with Crippen molar-refractivity contribution in [1.29, 1.82) is 0 Å². The zero-order chi connectivity index (χ0) is 9.14. The van der Waals surface area contributed by atoms with Crippen molar-refractivity contribution in [2.45, 2.75) is 6.92 Å². The van der Waals surface area contributed by atoms with Gasteiger partial charge in [0.25, 0.3) is 0 Å². The molecule has 0 aromatic heterocycles. The molecule has 5 heteroatoms. The molecule has 12 heavy (non-hydrogen) atoms. The molecule has 3 nitrogen and oxygen atoms in total. The summed E-state index contributed by atoms with van der Waals surface area (Å²) in [6, 6.07) is 3.97. The summed E-state index contributed by atoms with van der Waals surface area (Å²) in [6.45, 7) is 1.68. The van der Waals surface area contributed by atoms with Crippen LogP contribution in [-0.2, 0) is 11.3 Å². The molecule has 0 aliphatic rings. The van der Waals surface area contributed by atoms with Crippen LogP contribution in [0.1, 0.15) is 5.56 Å². The number of halogens is 1. The first-order valence-corrected chi connectivity index (χ1v) is 4.28. The lowest BCUT2D eigenvalue weighted by Gasteiger charge is -2.08. The third kappa shape index (κ3) is 2.60. The van der Waals surface area contributed by atoms with Gasteiger partial charge in [0.15, 0.2) is 0 Å². The molecule has 1 aromatic carbocycles. The predicted octanol–water partition coefficient (Wildman–Crippen LogP) is 1.34. The predicted molar refractivity (Wildman–Crippen MR) is 43.7 cm³/mol. The first kappa shape index (κ1) is 9.15. The Morgan fingerprint density at radius 3 is 2.67 bits per heavy atom. The van der Waals surface area contributed by atoms with Crippen molar-refractivity contribution in [3.8, 4) is 0 Å². The van der Waals surface area contributed by atoms with Gasteiger partial charge in [-0.1, -0.05) is 0 Å². The van der Waals surface area contributed by atoms with Crippen LogP contribution in [0.25, 0.3) is 0 Å². The highest BCUT2D eigenvalue weighted by atomic mass is 32.2. The Balaban J connectivity index is 2.93. The maximum absolute atomic E-state index is 12.6. The van der Waals surface area contributed by atoms with Gasteiger partial charge in [-0.05, 0) is 30.7 Å². The van der Waals surface area contributed by atoms with Crippen molar-refractivity contribution in [2.75, 3.05) is 4.72 Å². The van der Waals surface area contributed by atoms with Gasteiger partial charge in [-0.3, -0.25) is 4.21 Å². The van der Waals surface area contributed by atoms with Gasteiger partial charge in [0.2, 0.25) is 0 Å². The number of hydrogen-bond acceptors (Lipinski definition) is 2. The lowest BCUT2D eigenvalue weighted by molar-refractivity contribution is 0.542. The van der Waals surface area contributed by atoms with Crippen LogP contribution in [0.4, 0.5) is 10.1 Å². The molecule has 1 unspecified atom stereocenters. The van der Waals surface area contributed by atoms with E-state index in [0.717, 1.165) is 6.07 Å². The second-order valence-electron chi connectivity index (χ2n) is 2.35. The second-order valence-corrected chi connectivity index (χ2v) is 3.03. The Labute approximate surface area is 72.0 Å². The molecule has 1 N–H and O–H groups in total. The molecular formula is C7H7FNO2S-. The minimum atomic E-state index is -2.40. The Kier molecular flexibility index (Phi) is 2.78. The van der Waals surface area contributed by atoms with Gasteiger partial charge in [0.05, 0.1) is 0 Å². The van der Waals surface area contributed by atoms with Crippen LogP contribution in [0.2, 0.25) is 0 Å². The van der Waals surface area contributed by atoms with Gasteiger partial charge >= 0.3 is 0 Å². The highest BCUT2D eigenvalue weighted by Crippen LogP contribution is 2.13. The molecule has 1 rings (SSSR count). The Hall–Kier alpha value is -0.940. The Morgan fingerprint density at radius 2 is 2.17 bits per heavy atom. The lowest BCUT2D eigenvalue weighted by Crippen LogP contribution is -2.02. The van der Waals surface area contributed by atoms with Crippen molar-refractivity contribution in [3.63, 3.8) is 0 Å². The van der Waals surface area contributed by atoms with Crippen molar-refractivity contribution in [2.24, 2.45) is 0 Å². The van der Waals surface area contributed by atoms with Gasteiger partial charge in [-0.25, -0.2) is 4.39 Å². The summed E-state index contributed by atoms with van der Waals surface area (Å²) in [5, 5.41) is 0. The minimum absolute atomic E-state index is 0.237. The van der Waals surface area contributed by atoms with E-state index >= 15 is 0 Å². The van der Waals surface area contributed by atoms with Gasteiger partial charge in [0.1, 0.15) is 5.82 Å². The lowest BCUT2D eigenvalue weighted by atomic mass is 10.2. The fourth-order valence-corrected chi connectivity index (χ4v) is 1.20. The summed E-state index contributed by atoms with van der Waals surface area (Å²) in [6.07, 6.45) is 0. The van der Waals surface area contributed by atoms with Crippen LogP contribution >= 0.6 is 0 Å². The van der Waals surface area contributed by atoms with Crippen LogP contribution in [-0.4, -0.2) is 8.76 Å². The van der Waals surface area contributed by atoms with Crippen molar-refractivity contribution >= 4 is 17.0 Å². The van der Waals surface area contributed by atoms with Crippen LogP contribution < -0.4 is 4.72 Å². The molecule has 0 aliphatic heterocycles. The Morgan fingerprint density at radius 1 is 1.50 bits per heavy atom. The molecule has 0 fully saturated rings. The second kappa shape index (κ2) is 3.64. The van der Waals surface area contributed by atoms with Crippen LogP contribution in [0.5, 0.6) is 0 Å². The molecule has 0 heterocycles. The Bertz CT molecular complexity index is 296. The van der Waals surface area contributed by atoms with Crippen LogP contribution in [0, 0.1) is 12.7 Å². The standard InChI is InChI=1S/C7H8FNO2S/c1-5-2-6(8)4-7(3-5)9-12(10)11/h2-4,9H,1H3,(H,10,11)/p-1. The summed E-state index contributed by atoms with van der Waals surface area (Å²) in [5.74, 6) is -0.456. The molecule has 0 amide bonds. The van der Waals surface area contributed by atoms with Crippen LogP contribution in [0.15, 0.2) is 18.2 Å². The smallest absolute Gasteiger partial charge is 0.125 e. The molecular weight excluding hydrogens is 181 g/mol. The van der Waals surface area contributed by atoms with Gasteiger partial charge in [0, 0.05) is 17.0 Å². The summed E-state index contributed by atoms with van der Waals surface area (Å²) < 4.78 is 35.0. The fourth-order valence-electron chi connectivity index (χ4n) is 0.891. The van der Waals surface area contributed by atoms with Crippen molar-refractivity contribution in [3.05, 3.63) is 29.6 Å². The maximum atomic E-state index is 12.6. The quantitative estimate of drug-likeness (QED) is 0.712. The molecule has 0 saturated carbocycles. The number of benzene rings is 1. The number of nitrogens with one attached hydrogen (secondary N) is 1. The molecule has 1 aromatic rings. The normalized spacial score (nSPS) is 12.6. The fraction of sp³-hybridized carbons (Fsp3) is 0.143. The zero-order valence-corrected chi connectivity index (χ0v) is 7.15. The number of aryl methyl sites for hydroxylation is 1. The molecule has 0 aliphatic carbocycles. The topological polar surface area (TPSA) is 52.2 Å². The largest absolute Gasteiger partial charge is 0.755 e. The summed E-state index contributed by atoms with van der Waals surface area (Å²) >= 11 is -2.40. The van der Waals surface area contributed by atoms with E-state index in [9.17, 15) is 13.2 Å². The average molecular weight is 188 g/mol. The molecule has 0 radical (unpaired) electrons. The molecule has 0 spiro atoms. The van der Waals surface area contributed by atoms with Gasteiger partial charge in [-0.15, -0.1) is 0 Å². The van der Waals surface area contributed by atoms with E-state index in [1.54, 1.807) is 13.0 Å². The summed E-state index contributed by atoms with van der Waals surface area (Å²) in [7, 11) is 0. The molecule has 1 atom stereocenters. The SMILES string of the molecule is Cc1cc(F)cc(NS(=O)[O-])c1. The maximum Gasteiger partial charge on any atom is 0.125 e. The van der Waals surface area contributed by atoms with Gasteiger partial charge < -0.3 is 9.27 Å². The average Bonchev–Trinajstić information content (AvgIpc) is 1.81.